The number of ether oxygens (including phenoxy) is 1. The number of hydrogen-bond donors (Lipinski definition) is 0. The Hall–Kier alpha value is -2.59. The molecule has 1 atom stereocenters. The van der Waals surface area contributed by atoms with Gasteiger partial charge in [0.05, 0.1) is 12.2 Å². The van der Waals surface area contributed by atoms with Crippen LogP contribution >= 0.6 is 0 Å². The first-order chi connectivity index (χ1) is 16.5. The van der Waals surface area contributed by atoms with Crippen molar-refractivity contribution in [2.45, 2.75) is 57.1 Å². The summed E-state index contributed by atoms with van der Waals surface area (Å²) < 4.78 is 74.5. The van der Waals surface area contributed by atoms with Gasteiger partial charge in [0.25, 0.3) is 0 Å². The average molecular weight is 516 g/mol. The van der Waals surface area contributed by atoms with Gasteiger partial charge in [-0.1, -0.05) is 44.9 Å². The number of nitrogens with zero attached hydrogens (tertiary/aromatic N) is 1. The Morgan fingerprint density at radius 1 is 1.09 bits per heavy atom. The van der Waals surface area contributed by atoms with E-state index in [-0.39, 0.29) is 24.1 Å². The Morgan fingerprint density at radius 2 is 1.80 bits per heavy atom. The number of rotatable bonds is 13. The summed E-state index contributed by atoms with van der Waals surface area (Å²) in [6.07, 6.45) is -1.26. The first kappa shape index (κ1) is 28.6. The molecule has 35 heavy (non-hydrogen) atoms. The maximum absolute atomic E-state index is 13.2. The molecule has 0 aliphatic heterocycles. The van der Waals surface area contributed by atoms with Crippen molar-refractivity contribution in [3.8, 4) is 5.75 Å². The molecule has 0 aromatic heterocycles. The number of amides is 1. The van der Waals surface area contributed by atoms with Crippen molar-refractivity contribution < 1.29 is 35.3 Å². The second-order valence-corrected chi connectivity index (χ2v) is 9.76. The highest BCUT2D eigenvalue weighted by Gasteiger charge is 2.32. The van der Waals surface area contributed by atoms with Crippen LogP contribution in [-0.4, -0.2) is 39.5 Å². The Labute approximate surface area is 205 Å². The van der Waals surface area contributed by atoms with Gasteiger partial charge < -0.3 is 13.8 Å². The molecule has 6 nitrogen and oxygen atoms in total. The number of alkyl halides is 3. The summed E-state index contributed by atoms with van der Waals surface area (Å²) in [6.45, 7) is 4.96. The van der Waals surface area contributed by atoms with Gasteiger partial charge in [0, 0.05) is 26.1 Å². The maximum Gasteiger partial charge on any atom is 0.416 e. The second-order valence-electron chi connectivity index (χ2n) is 8.21. The van der Waals surface area contributed by atoms with Gasteiger partial charge in [-0.2, -0.15) is 21.6 Å². The van der Waals surface area contributed by atoms with Crippen LogP contribution in [0.15, 0.2) is 53.4 Å². The van der Waals surface area contributed by atoms with Crippen molar-refractivity contribution in [3.63, 3.8) is 0 Å². The molecule has 0 heterocycles. The molecular weight excluding hydrogens is 483 g/mol. The summed E-state index contributed by atoms with van der Waals surface area (Å²) >= 11 is 0. The number of carbonyl (C=O) groups excluding carboxylic acids is 1. The van der Waals surface area contributed by atoms with E-state index in [9.17, 15) is 26.4 Å². The minimum absolute atomic E-state index is 0.000841. The highest BCUT2D eigenvalue weighted by Crippen LogP contribution is 2.31. The second kappa shape index (κ2) is 12.9. The molecule has 0 aliphatic rings. The Bertz CT molecular complexity index is 1070. The molecule has 2 aromatic rings. The lowest BCUT2D eigenvalue weighted by atomic mass is 9.97. The van der Waals surface area contributed by atoms with Crippen molar-refractivity contribution >= 4 is 16.0 Å². The van der Waals surface area contributed by atoms with Gasteiger partial charge in [-0.3, -0.25) is 4.79 Å². The van der Waals surface area contributed by atoms with E-state index < -0.39 is 26.8 Å². The lowest BCUT2D eigenvalue weighted by Crippen LogP contribution is -2.37. The zero-order valence-electron chi connectivity index (χ0n) is 20.2. The standard InChI is InChI=1S/C25H32F3NO5S/c1-4-6-10-20(5-2)24(30)29(14-15-33-3)18-19-9-7-12-22(16-19)34-35(31,32)23-13-8-11-21(17-23)25(26,27)28/h7-9,11-13,16-17,20H,4-6,10,14-15,18H2,1-3H3. The smallest absolute Gasteiger partial charge is 0.383 e. The van der Waals surface area contributed by atoms with Gasteiger partial charge in [0.15, 0.2) is 0 Å². The van der Waals surface area contributed by atoms with E-state index in [4.69, 9.17) is 8.92 Å². The highest BCUT2D eigenvalue weighted by atomic mass is 32.2. The van der Waals surface area contributed by atoms with E-state index in [1.807, 2.05) is 6.92 Å². The van der Waals surface area contributed by atoms with Crippen LogP contribution in [0.25, 0.3) is 0 Å². The number of halogens is 3. The summed E-state index contributed by atoms with van der Waals surface area (Å²) in [6, 6.07) is 9.53. The fourth-order valence-electron chi connectivity index (χ4n) is 3.60. The van der Waals surface area contributed by atoms with E-state index in [1.165, 1.54) is 12.1 Å². The van der Waals surface area contributed by atoms with Crippen LogP contribution < -0.4 is 4.18 Å². The lowest BCUT2D eigenvalue weighted by Gasteiger charge is -2.27. The number of benzene rings is 2. The predicted molar refractivity (Wildman–Crippen MR) is 126 cm³/mol. The highest BCUT2D eigenvalue weighted by molar-refractivity contribution is 7.87. The van der Waals surface area contributed by atoms with Crippen LogP contribution in [0.4, 0.5) is 13.2 Å². The van der Waals surface area contributed by atoms with Crippen LogP contribution in [-0.2, 0) is 32.4 Å². The molecular formula is C25H32F3NO5S. The molecule has 1 unspecified atom stereocenters. The molecule has 0 saturated carbocycles. The maximum atomic E-state index is 13.2. The minimum Gasteiger partial charge on any atom is -0.383 e. The van der Waals surface area contributed by atoms with E-state index >= 15 is 0 Å². The molecule has 0 saturated heterocycles. The summed E-state index contributed by atoms with van der Waals surface area (Å²) in [7, 11) is -2.95. The minimum atomic E-state index is -4.68. The monoisotopic (exact) mass is 515 g/mol. The Balaban J connectivity index is 2.23. The van der Waals surface area contributed by atoms with E-state index in [0.29, 0.717) is 31.2 Å². The molecule has 10 heteroatoms. The Kier molecular flexibility index (Phi) is 10.6. The fourth-order valence-corrected chi connectivity index (χ4v) is 4.57. The SMILES string of the molecule is CCCCC(CC)C(=O)N(CCOC)Cc1cccc(OS(=O)(=O)c2cccc(C(F)(F)F)c2)c1. The molecule has 0 N–H and O–H groups in total. The van der Waals surface area contributed by atoms with Gasteiger partial charge in [0.1, 0.15) is 10.6 Å². The lowest BCUT2D eigenvalue weighted by molar-refractivity contribution is -0.138. The summed E-state index contributed by atoms with van der Waals surface area (Å²) in [5.74, 6) is -0.175. The van der Waals surface area contributed by atoms with Crippen molar-refractivity contribution in [2.75, 3.05) is 20.3 Å². The average Bonchev–Trinajstić information content (AvgIpc) is 2.81. The molecule has 194 valence electrons. The third-order valence-electron chi connectivity index (χ3n) is 5.55. The largest absolute Gasteiger partial charge is 0.416 e. The summed E-state index contributed by atoms with van der Waals surface area (Å²) in [5, 5.41) is 0. The van der Waals surface area contributed by atoms with Crippen LogP contribution in [0.3, 0.4) is 0 Å². The zero-order valence-corrected chi connectivity index (χ0v) is 21.0. The molecule has 1 amide bonds. The molecule has 0 radical (unpaired) electrons. The van der Waals surface area contributed by atoms with Gasteiger partial charge in [-0.15, -0.1) is 0 Å². The van der Waals surface area contributed by atoms with Crippen LogP contribution in [0.5, 0.6) is 5.75 Å². The first-order valence-electron chi connectivity index (χ1n) is 11.5. The van der Waals surface area contributed by atoms with Gasteiger partial charge in [-0.05, 0) is 48.7 Å². The predicted octanol–water partition coefficient (Wildman–Crippen LogP) is 5.66. The third-order valence-corrected chi connectivity index (χ3v) is 6.80. The molecule has 2 rings (SSSR count). The molecule has 0 aliphatic carbocycles. The van der Waals surface area contributed by atoms with Crippen molar-refractivity contribution in [2.24, 2.45) is 5.92 Å². The van der Waals surface area contributed by atoms with Gasteiger partial charge in [0.2, 0.25) is 5.91 Å². The van der Waals surface area contributed by atoms with Crippen LogP contribution in [0.1, 0.15) is 50.7 Å². The Morgan fingerprint density at radius 3 is 2.43 bits per heavy atom. The zero-order chi connectivity index (χ0) is 26.1. The summed E-state index contributed by atoms with van der Waals surface area (Å²) in [5.41, 5.74) is -0.465. The third kappa shape index (κ3) is 8.54. The van der Waals surface area contributed by atoms with E-state index in [2.05, 4.69) is 6.92 Å². The number of hydrogen-bond acceptors (Lipinski definition) is 5. The quantitative estimate of drug-likeness (QED) is 0.322. The van der Waals surface area contributed by atoms with Gasteiger partial charge >= 0.3 is 16.3 Å². The van der Waals surface area contributed by atoms with Crippen molar-refractivity contribution in [1.29, 1.82) is 0 Å². The number of unbranched alkanes of at least 4 members (excludes halogenated alkanes) is 1. The molecule has 0 fully saturated rings. The number of carbonyl (C=O) groups is 1. The van der Waals surface area contributed by atoms with Crippen LogP contribution in [0, 0.1) is 5.92 Å². The topological polar surface area (TPSA) is 72.9 Å². The fraction of sp³-hybridized carbons (Fsp3) is 0.480. The molecule has 0 spiro atoms. The van der Waals surface area contributed by atoms with E-state index in [1.54, 1.807) is 24.1 Å². The normalized spacial score (nSPS) is 12.9. The van der Waals surface area contributed by atoms with E-state index in [0.717, 1.165) is 37.5 Å². The van der Waals surface area contributed by atoms with Crippen LogP contribution in [0.2, 0.25) is 0 Å². The molecule has 2 aromatic carbocycles. The van der Waals surface area contributed by atoms with Crippen molar-refractivity contribution in [3.05, 3.63) is 59.7 Å². The number of methoxy groups -OCH3 is 1. The molecule has 0 bridgehead atoms. The summed E-state index contributed by atoms with van der Waals surface area (Å²) in [4.78, 5) is 14.2. The van der Waals surface area contributed by atoms with Gasteiger partial charge in [-0.25, -0.2) is 0 Å². The first-order valence-corrected chi connectivity index (χ1v) is 12.9. The van der Waals surface area contributed by atoms with Crippen molar-refractivity contribution in [1.82, 2.24) is 4.90 Å².